The maximum Gasteiger partial charge on any atom is 0.417 e. The van der Waals surface area contributed by atoms with Crippen molar-refractivity contribution in [2.24, 2.45) is 0 Å². The number of carbonyl (C=O) groups excluding carboxylic acids is 1. The minimum Gasteiger partial charge on any atom is -0.480 e. The van der Waals surface area contributed by atoms with Crippen LogP contribution in [0, 0.1) is 0 Å². The maximum absolute atomic E-state index is 12.2. The summed E-state index contributed by atoms with van der Waals surface area (Å²) in [5.74, 6) is -2.46. The molecule has 0 fully saturated rings. The summed E-state index contributed by atoms with van der Waals surface area (Å²) in [6.07, 6.45) is -4.11. The highest BCUT2D eigenvalue weighted by atomic mass is 19.4. The molecule has 0 aliphatic rings. The number of hydrogen-bond donors (Lipinski definition) is 3. The van der Waals surface area contributed by atoms with E-state index in [0.29, 0.717) is 12.3 Å². The fraction of sp³-hybridized carbons (Fsp3) is 0.300. The number of halogens is 3. The number of aromatic nitrogens is 1. The Morgan fingerprint density at radius 3 is 2.37 bits per heavy atom. The Bertz CT molecular complexity index is 473. The van der Waals surface area contributed by atoms with Crippen molar-refractivity contribution in [3.05, 3.63) is 29.6 Å². The van der Waals surface area contributed by atoms with E-state index in [0.717, 1.165) is 6.07 Å². The van der Waals surface area contributed by atoms with E-state index >= 15 is 0 Å². The largest absolute Gasteiger partial charge is 0.480 e. The molecule has 0 aliphatic carbocycles. The Balaban J connectivity index is 2.81. The van der Waals surface area contributed by atoms with Crippen molar-refractivity contribution in [1.82, 2.24) is 10.3 Å². The zero-order valence-corrected chi connectivity index (χ0v) is 9.31. The summed E-state index contributed by atoms with van der Waals surface area (Å²) >= 11 is 0. The first-order chi connectivity index (χ1) is 8.75. The van der Waals surface area contributed by atoms with Crippen LogP contribution in [-0.4, -0.2) is 39.7 Å². The number of aliphatic hydroxyl groups excluding tert-OH is 1. The Kier molecular flexibility index (Phi) is 4.43. The van der Waals surface area contributed by atoms with Crippen molar-refractivity contribution in [2.75, 3.05) is 6.61 Å². The van der Waals surface area contributed by atoms with Crippen LogP contribution < -0.4 is 5.32 Å². The summed E-state index contributed by atoms with van der Waals surface area (Å²) in [5, 5.41) is 19.2. The van der Waals surface area contributed by atoms with Gasteiger partial charge in [0.2, 0.25) is 0 Å². The van der Waals surface area contributed by atoms with Gasteiger partial charge in [-0.05, 0) is 12.1 Å². The first-order valence-corrected chi connectivity index (χ1v) is 4.93. The number of amides is 1. The number of hydrogen-bond acceptors (Lipinski definition) is 4. The van der Waals surface area contributed by atoms with Crippen LogP contribution in [-0.2, 0) is 11.0 Å². The Hall–Kier alpha value is -2.16. The lowest BCUT2D eigenvalue weighted by Gasteiger charge is -2.11. The molecular weight excluding hydrogens is 269 g/mol. The van der Waals surface area contributed by atoms with Crippen LogP contribution in [0.5, 0.6) is 0 Å². The molecule has 3 N–H and O–H groups in total. The lowest BCUT2D eigenvalue weighted by Crippen LogP contribution is -2.43. The van der Waals surface area contributed by atoms with Crippen LogP contribution in [0.3, 0.4) is 0 Å². The number of nitrogens with one attached hydrogen (secondary N) is 1. The Morgan fingerprint density at radius 2 is 2.00 bits per heavy atom. The van der Waals surface area contributed by atoms with Crippen molar-refractivity contribution >= 4 is 11.9 Å². The van der Waals surface area contributed by atoms with Gasteiger partial charge in [0.25, 0.3) is 5.91 Å². The van der Waals surface area contributed by atoms with Crippen LogP contribution in [0.2, 0.25) is 0 Å². The summed E-state index contributed by atoms with van der Waals surface area (Å²) in [7, 11) is 0. The zero-order chi connectivity index (χ0) is 14.6. The van der Waals surface area contributed by atoms with Crippen molar-refractivity contribution in [3.8, 4) is 0 Å². The predicted molar refractivity (Wildman–Crippen MR) is 55.2 cm³/mol. The third-order valence-electron chi connectivity index (χ3n) is 2.11. The fourth-order valence-electron chi connectivity index (χ4n) is 1.11. The van der Waals surface area contributed by atoms with Gasteiger partial charge in [-0.2, -0.15) is 13.2 Å². The van der Waals surface area contributed by atoms with Crippen molar-refractivity contribution in [3.63, 3.8) is 0 Å². The SMILES string of the molecule is O=C(N[C@H](CO)C(=O)O)c1ccc(C(F)(F)F)cn1. The van der Waals surface area contributed by atoms with Crippen molar-refractivity contribution in [1.29, 1.82) is 0 Å². The van der Waals surface area contributed by atoms with Gasteiger partial charge in [-0.15, -0.1) is 0 Å². The minimum absolute atomic E-state index is 0.382. The normalized spacial score (nSPS) is 12.8. The number of nitrogens with zero attached hydrogens (tertiary/aromatic N) is 1. The lowest BCUT2D eigenvalue weighted by molar-refractivity contribution is -0.140. The smallest absolute Gasteiger partial charge is 0.417 e. The number of carboxylic acid groups (broad SMARTS) is 1. The van der Waals surface area contributed by atoms with Gasteiger partial charge in [0.15, 0.2) is 6.04 Å². The van der Waals surface area contributed by atoms with Crippen molar-refractivity contribution < 1.29 is 33.0 Å². The molecule has 1 atom stereocenters. The average Bonchev–Trinajstić information content (AvgIpc) is 2.34. The molecule has 1 amide bonds. The predicted octanol–water partition coefficient (Wildman–Crippen LogP) is 0.276. The molecule has 0 bridgehead atoms. The van der Waals surface area contributed by atoms with Crippen molar-refractivity contribution in [2.45, 2.75) is 12.2 Å². The highest BCUT2D eigenvalue weighted by Gasteiger charge is 2.31. The van der Waals surface area contributed by atoms with E-state index in [1.807, 2.05) is 5.32 Å². The molecule has 0 spiro atoms. The Labute approximate surface area is 104 Å². The maximum atomic E-state index is 12.2. The molecule has 9 heteroatoms. The van der Waals surface area contributed by atoms with Gasteiger partial charge in [0.1, 0.15) is 5.69 Å². The van der Waals surface area contributed by atoms with Crippen LogP contribution in [0.25, 0.3) is 0 Å². The van der Waals surface area contributed by atoms with E-state index < -0.39 is 36.3 Å². The second-order valence-electron chi connectivity index (χ2n) is 3.48. The van der Waals surface area contributed by atoms with E-state index in [1.165, 1.54) is 0 Å². The molecule has 0 saturated carbocycles. The van der Waals surface area contributed by atoms with E-state index in [1.54, 1.807) is 0 Å². The van der Waals surface area contributed by atoms with E-state index in [2.05, 4.69) is 4.98 Å². The molecule has 0 radical (unpaired) electrons. The molecular formula is C10H9F3N2O4. The van der Waals surface area contributed by atoms with Crippen LogP contribution in [0.1, 0.15) is 16.1 Å². The van der Waals surface area contributed by atoms with Crippen LogP contribution >= 0.6 is 0 Å². The molecule has 1 aromatic rings. The highest BCUT2D eigenvalue weighted by molar-refractivity contribution is 5.94. The summed E-state index contributed by atoms with van der Waals surface area (Å²) in [5.41, 5.74) is -1.41. The van der Waals surface area contributed by atoms with Crippen LogP contribution in [0.4, 0.5) is 13.2 Å². The summed E-state index contributed by atoms with van der Waals surface area (Å²) < 4.78 is 36.7. The van der Waals surface area contributed by atoms with E-state index in [-0.39, 0.29) is 5.69 Å². The van der Waals surface area contributed by atoms with Crippen LogP contribution in [0.15, 0.2) is 18.3 Å². The lowest BCUT2D eigenvalue weighted by atomic mass is 10.2. The van der Waals surface area contributed by atoms with E-state index in [9.17, 15) is 22.8 Å². The van der Waals surface area contributed by atoms with Gasteiger partial charge in [0.05, 0.1) is 12.2 Å². The molecule has 1 aromatic heterocycles. The number of carbonyl (C=O) groups is 2. The molecule has 6 nitrogen and oxygen atoms in total. The number of pyridine rings is 1. The van der Waals surface area contributed by atoms with Gasteiger partial charge in [0, 0.05) is 6.20 Å². The number of carboxylic acids is 1. The van der Waals surface area contributed by atoms with Gasteiger partial charge in [-0.25, -0.2) is 4.79 Å². The molecule has 1 heterocycles. The summed E-state index contributed by atoms with van der Waals surface area (Å²) in [6.45, 7) is -0.846. The quantitative estimate of drug-likeness (QED) is 0.734. The standard InChI is InChI=1S/C10H9F3N2O4/c11-10(12,13)5-1-2-6(14-3-5)8(17)15-7(4-16)9(18)19/h1-3,7,16H,4H2,(H,15,17)(H,18,19)/t7-/m1/s1. The van der Waals surface area contributed by atoms with E-state index in [4.69, 9.17) is 10.2 Å². The second-order valence-corrected chi connectivity index (χ2v) is 3.48. The number of rotatable bonds is 4. The summed E-state index contributed by atoms with van der Waals surface area (Å²) in [6, 6.07) is -0.0815. The average molecular weight is 278 g/mol. The molecule has 1 rings (SSSR count). The first-order valence-electron chi connectivity index (χ1n) is 4.93. The van der Waals surface area contributed by atoms with Gasteiger partial charge >= 0.3 is 12.1 Å². The number of aliphatic hydroxyl groups is 1. The number of alkyl halides is 3. The third-order valence-corrected chi connectivity index (χ3v) is 2.11. The molecule has 0 unspecified atom stereocenters. The fourth-order valence-corrected chi connectivity index (χ4v) is 1.11. The zero-order valence-electron chi connectivity index (χ0n) is 9.31. The van der Waals surface area contributed by atoms with Gasteiger partial charge in [-0.1, -0.05) is 0 Å². The number of aliphatic carboxylic acids is 1. The monoisotopic (exact) mass is 278 g/mol. The molecule has 0 aliphatic heterocycles. The van der Waals surface area contributed by atoms with Gasteiger partial charge < -0.3 is 15.5 Å². The summed E-state index contributed by atoms with van der Waals surface area (Å²) in [4.78, 5) is 25.3. The molecule has 0 saturated heterocycles. The molecule has 0 aromatic carbocycles. The van der Waals surface area contributed by atoms with Gasteiger partial charge in [-0.3, -0.25) is 9.78 Å². The topological polar surface area (TPSA) is 99.5 Å². The first kappa shape index (κ1) is 14.9. The third kappa shape index (κ3) is 3.91. The second kappa shape index (κ2) is 5.65. The molecule has 104 valence electrons. The molecule has 19 heavy (non-hydrogen) atoms. The highest BCUT2D eigenvalue weighted by Crippen LogP contribution is 2.28. The minimum atomic E-state index is -4.57. The Morgan fingerprint density at radius 1 is 1.37 bits per heavy atom.